The van der Waals surface area contributed by atoms with E-state index in [9.17, 15) is 43.5 Å². The van der Waals surface area contributed by atoms with E-state index in [1.165, 1.54) is 32.9 Å². The smallest absolute Gasteiger partial charge is 0.408 e. The first-order valence-corrected chi connectivity index (χ1v) is 26.3. The molecule has 0 aromatic heterocycles. The lowest BCUT2D eigenvalue weighted by Crippen LogP contribution is -2.71. The van der Waals surface area contributed by atoms with Crippen LogP contribution in [0.15, 0.2) is 48.1 Å². The standard InChI is InChI=1S/C54H77F2N7O13/c1-10-12-42-75-41-24-33-34-23-36(55)35-22-32(64)18-19-51(35,8)53(34,56)39(65)25-52(33,9)54(41,76-42)40(66)27-73-47(70)50(6,7)63-45(68)38(21-28(2)3)62-49(72)74-26-30-14-16-31(17-15-30)60-44(67)37(13-11-20-59-48(58)71)61-46(69)43(57)29(4)5/h14-19,22,28-29,33-34,36-39,41-43,65H,10-13,20-21,23-27,57H2,1-9H3,(H,60,67)(H,61,69)(H,62,72)(H,63,68)(H3,58,59,71)/t33?,34-,36-,37-,38-,39-,41+,42?,43-,51-,52-,53-,54+/m0/s1. The molecule has 0 spiro atoms. The van der Waals surface area contributed by atoms with Crippen molar-refractivity contribution in [3.8, 4) is 0 Å². The van der Waals surface area contributed by atoms with Gasteiger partial charge in [-0.1, -0.05) is 66.2 Å². The maximum atomic E-state index is 17.9. The number of hydrogen-bond donors (Lipinski definition) is 8. The van der Waals surface area contributed by atoms with Crippen LogP contribution in [0.1, 0.15) is 119 Å². The summed E-state index contributed by atoms with van der Waals surface area (Å²) < 4.78 is 58.1. The number of benzene rings is 1. The molecule has 4 fully saturated rings. The number of anilines is 1. The third-order valence-electron chi connectivity index (χ3n) is 16.2. The number of ether oxygens (including phenoxy) is 4. The van der Waals surface area contributed by atoms with Gasteiger partial charge in [0.15, 0.2) is 29.9 Å². The van der Waals surface area contributed by atoms with Gasteiger partial charge in [-0.05, 0) is 119 Å². The molecule has 22 heteroatoms. The van der Waals surface area contributed by atoms with Crippen LogP contribution < -0.4 is 38.1 Å². The number of allylic oxidation sites excluding steroid dienone is 4. The second-order valence-electron chi connectivity index (χ2n) is 22.8. The van der Waals surface area contributed by atoms with E-state index in [1.807, 2.05) is 20.8 Å². The van der Waals surface area contributed by atoms with Gasteiger partial charge in [0, 0.05) is 29.0 Å². The summed E-state index contributed by atoms with van der Waals surface area (Å²) >= 11 is 0. The topological polar surface area (TPSA) is 306 Å². The number of halogens is 2. The first kappa shape index (κ1) is 59.4. The molecule has 76 heavy (non-hydrogen) atoms. The lowest BCUT2D eigenvalue weighted by Gasteiger charge is -2.63. The number of aliphatic hydroxyl groups is 1. The first-order valence-electron chi connectivity index (χ1n) is 26.3. The SMILES string of the molecule is CCCC1O[C@@H]2CC3[C@@H]4C[C@H](F)C5=CC(=O)C=C[C@]5(C)[C@@]4(F)[C@@H](O)C[C@]3(C)[C@]2(C(=O)COC(=O)C(C)(C)NC(=O)[C@H](CC(C)C)NC(=O)OCc2ccc(NC(=O)[C@H](CCCNC(N)=O)NC(=O)[C@@H](N)C(C)C)cc2)O1. The quantitative estimate of drug-likeness (QED) is 0.0590. The number of nitrogens with two attached hydrogens (primary N) is 2. The highest BCUT2D eigenvalue weighted by atomic mass is 19.1. The van der Waals surface area contributed by atoms with Crippen LogP contribution in [0.4, 0.5) is 24.1 Å². The Kier molecular flexibility index (Phi) is 18.3. The molecule has 3 saturated carbocycles. The molecule has 6 amide bonds. The number of carbonyl (C=O) groups excluding carboxylic acids is 8. The molecule has 2 unspecified atom stereocenters. The number of esters is 1. The highest BCUT2D eigenvalue weighted by molar-refractivity contribution is 6.01. The number of carbonyl (C=O) groups is 8. The Morgan fingerprint density at radius 3 is 2.26 bits per heavy atom. The number of Topliss-reactive ketones (excluding diaryl/α,β-unsaturated/α-hetero) is 1. The Morgan fingerprint density at radius 1 is 0.947 bits per heavy atom. The average molecular weight is 1070 g/mol. The molecule has 13 atom stereocenters. The molecule has 5 aliphatic rings. The van der Waals surface area contributed by atoms with E-state index < -0.39 is 136 Å². The van der Waals surface area contributed by atoms with Crippen LogP contribution in [0.5, 0.6) is 0 Å². The number of aliphatic hydroxyl groups excluding tert-OH is 1. The number of nitrogens with one attached hydrogen (secondary N) is 5. The van der Waals surface area contributed by atoms with Gasteiger partial charge in [-0.25, -0.2) is 23.2 Å². The first-order chi connectivity index (χ1) is 35.5. The molecular formula is C54H77F2N7O13. The summed E-state index contributed by atoms with van der Waals surface area (Å²) in [6.07, 6.45) is -1.44. The molecule has 1 aliphatic heterocycles. The third-order valence-corrected chi connectivity index (χ3v) is 16.2. The minimum atomic E-state index is -2.41. The van der Waals surface area contributed by atoms with Crippen LogP contribution in [0.3, 0.4) is 0 Å². The van der Waals surface area contributed by atoms with Gasteiger partial charge < -0.3 is 62.1 Å². The highest BCUT2D eigenvalue weighted by Gasteiger charge is 2.80. The van der Waals surface area contributed by atoms with Crippen molar-refractivity contribution < 1.29 is 71.2 Å². The summed E-state index contributed by atoms with van der Waals surface area (Å²) in [6.45, 7) is 14.1. The Bertz CT molecular complexity index is 2460. The van der Waals surface area contributed by atoms with Crippen molar-refractivity contribution in [2.24, 2.45) is 46.0 Å². The predicted molar refractivity (Wildman–Crippen MR) is 273 cm³/mol. The molecule has 10 N–H and O–H groups in total. The van der Waals surface area contributed by atoms with Gasteiger partial charge in [0.1, 0.15) is 30.4 Å². The minimum absolute atomic E-state index is 0.0336. The number of fused-ring (bicyclic) bond motifs is 7. The number of amides is 6. The minimum Gasteiger partial charge on any atom is -0.456 e. The van der Waals surface area contributed by atoms with E-state index in [2.05, 4.69) is 26.6 Å². The van der Waals surface area contributed by atoms with Gasteiger partial charge >= 0.3 is 18.1 Å². The Labute approximate surface area is 442 Å². The molecule has 420 valence electrons. The summed E-state index contributed by atoms with van der Waals surface area (Å²) in [5, 5.41) is 25.0. The predicted octanol–water partition coefficient (Wildman–Crippen LogP) is 4.40. The van der Waals surface area contributed by atoms with Crippen LogP contribution in [-0.4, -0.2) is 125 Å². The molecule has 0 radical (unpaired) electrons. The van der Waals surface area contributed by atoms with E-state index in [1.54, 1.807) is 45.0 Å². The molecule has 0 bridgehead atoms. The van der Waals surface area contributed by atoms with E-state index >= 15 is 8.78 Å². The number of alkyl carbamates (subject to hydrolysis) is 1. The Balaban J connectivity index is 1.07. The second-order valence-corrected chi connectivity index (χ2v) is 22.8. The molecule has 4 aliphatic carbocycles. The molecule has 1 saturated heterocycles. The number of urea groups is 1. The number of rotatable bonds is 22. The molecule has 20 nitrogen and oxygen atoms in total. The summed E-state index contributed by atoms with van der Waals surface area (Å²) in [4.78, 5) is 105. The van der Waals surface area contributed by atoms with E-state index in [-0.39, 0.29) is 62.7 Å². The lowest BCUT2D eigenvalue weighted by molar-refractivity contribution is -0.235. The maximum absolute atomic E-state index is 17.9. The van der Waals surface area contributed by atoms with Crippen molar-refractivity contribution in [3.05, 3.63) is 53.6 Å². The van der Waals surface area contributed by atoms with Gasteiger partial charge in [0.25, 0.3) is 0 Å². The summed E-state index contributed by atoms with van der Waals surface area (Å²) in [5.41, 5.74) is 3.00. The van der Waals surface area contributed by atoms with E-state index in [4.69, 9.17) is 30.4 Å². The van der Waals surface area contributed by atoms with Crippen LogP contribution in [-0.2, 0) is 54.3 Å². The van der Waals surface area contributed by atoms with Crippen LogP contribution in [0.25, 0.3) is 0 Å². The van der Waals surface area contributed by atoms with Crippen molar-refractivity contribution in [3.63, 3.8) is 0 Å². The summed E-state index contributed by atoms with van der Waals surface area (Å²) in [5.74, 6) is -6.15. The monoisotopic (exact) mass is 1070 g/mol. The molecule has 1 aromatic carbocycles. The van der Waals surface area contributed by atoms with Crippen molar-refractivity contribution in [1.82, 2.24) is 21.3 Å². The Hall–Kier alpha value is -5.84. The highest BCUT2D eigenvalue weighted by Crippen LogP contribution is 2.72. The number of primary amides is 1. The second kappa shape index (κ2) is 23.4. The van der Waals surface area contributed by atoms with Crippen molar-refractivity contribution in [2.75, 3.05) is 18.5 Å². The van der Waals surface area contributed by atoms with E-state index in [0.29, 0.717) is 30.5 Å². The summed E-state index contributed by atoms with van der Waals surface area (Å²) in [6, 6.07) is 2.56. The maximum Gasteiger partial charge on any atom is 0.408 e. The van der Waals surface area contributed by atoms with Gasteiger partial charge in [-0.3, -0.25) is 24.0 Å². The molecule has 1 heterocycles. The number of ketones is 2. The lowest BCUT2D eigenvalue weighted by atomic mass is 9.44. The van der Waals surface area contributed by atoms with Crippen LogP contribution in [0, 0.1) is 34.5 Å². The molecule has 1 aromatic rings. The number of hydrogen-bond acceptors (Lipinski definition) is 14. The van der Waals surface area contributed by atoms with E-state index in [0.717, 1.165) is 6.08 Å². The van der Waals surface area contributed by atoms with Gasteiger partial charge in [0.05, 0.1) is 18.2 Å². The zero-order valence-electron chi connectivity index (χ0n) is 44.9. The zero-order valence-corrected chi connectivity index (χ0v) is 44.9. The normalized spacial score (nSPS) is 30.6. The van der Waals surface area contributed by atoms with Crippen LogP contribution in [0.2, 0.25) is 0 Å². The Morgan fingerprint density at radius 2 is 1.63 bits per heavy atom. The van der Waals surface area contributed by atoms with Gasteiger partial charge in [-0.15, -0.1) is 0 Å². The molecule has 6 rings (SSSR count). The van der Waals surface area contributed by atoms with Crippen molar-refractivity contribution in [2.45, 2.75) is 180 Å². The molecular weight excluding hydrogens is 993 g/mol. The number of alkyl halides is 2. The largest absolute Gasteiger partial charge is 0.456 e. The third kappa shape index (κ3) is 11.8. The zero-order chi connectivity index (χ0) is 56.3. The summed E-state index contributed by atoms with van der Waals surface area (Å²) in [7, 11) is 0. The fourth-order valence-corrected chi connectivity index (χ4v) is 12.1. The van der Waals surface area contributed by atoms with Gasteiger partial charge in [-0.2, -0.15) is 0 Å². The fraction of sp³-hybridized carbons (Fsp3) is 0.667. The van der Waals surface area contributed by atoms with Gasteiger partial charge in [0.2, 0.25) is 23.5 Å². The average Bonchev–Trinajstić information content (AvgIpc) is 3.87. The van der Waals surface area contributed by atoms with Crippen molar-refractivity contribution >= 4 is 53.1 Å². The van der Waals surface area contributed by atoms with Crippen LogP contribution >= 0.6 is 0 Å². The fourth-order valence-electron chi connectivity index (χ4n) is 12.1. The van der Waals surface area contributed by atoms with Crippen molar-refractivity contribution in [1.29, 1.82) is 0 Å².